The summed E-state index contributed by atoms with van der Waals surface area (Å²) in [5.41, 5.74) is 5.22. The summed E-state index contributed by atoms with van der Waals surface area (Å²) < 4.78 is 0. The predicted octanol–water partition coefficient (Wildman–Crippen LogP) is 9.99. The maximum atomic E-state index is 4.68. The van der Waals surface area contributed by atoms with E-state index in [2.05, 4.69) is 115 Å². The number of unbranched alkanes of at least 4 members (excludes halogenated alkanes) is 1. The number of hydrogen-bond acceptors (Lipinski definition) is 7. The molecule has 6 rings (SSSR count). The third-order valence-electron chi connectivity index (χ3n) is 15.4. The van der Waals surface area contributed by atoms with Crippen LogP contribution in [0, 0.1) is 52.8 Å². The summed E-state index contributed by atoms with van der Waals surface area (Å²) in [4.78, 5) is 16.1. The third kappa shape index (κ3) is 11.3. The van der Waals surface area contributed by atoms with Crippen LogP contribution in [-0.2, 0) is 13.1 Å². The van der Waals surface area contributed by atoms with E-state index < -0.39 is 0 Å². The highest BCUT2D eigenvalue weighted by Crippen LogP contribution is 2.64. The number of likely N-dealkylation sites (N-methyl/N-ethyl adjacent to an activating group) is 2. The van der Waals surface area contributed by atoms with E-state index in [-0.39, 0.29) is 0 Å². The Labute approximate surface area is 337 Å². The van der Waals surface area contributed by atoms with Gasteiger partial charge in [0.15, 0.2) is 0 Å². The molecule has 0 aliphatic heterocycles. The fourth-order valence-electron chi connectivity index (χ4n) is 12.3. The van der Waals surface area contributed by atoms with Gasteiger partial charge in [0, 0.05) is 76.6 Å². The van der Waals surface area contributed by atoms with Gasteiger partial charge in [-0.15, -0.1) is 0 Å². The van der Waals surface area contributed by atoms with Crippen molar-refractivity contribution in [2.45, 2.75) is 137 Å². The smallest absolute Gasteiger partial charge is 0.0564 e. The van der Waals surface area contributed by atoms with Crippen LogP contribution in [0.5, 0.6) is 0 Å². The normalized spacial score (nSPS) is 29.6. The molecule has 2 aromatic heterocycles. The molecule has 0 aromatic carbocycles. The Morgan fingerprint density at radius 3 is 2.18 bits per heavy atom. The van der Waals surface area contributed by atoms with Gasteiger partial charge in [0.25, 0.3) is 0 Å². The minimum absolute atomic E-state index is 0.599. The van der Waals surface area contributed by atoms with Crippen LogP contribution in [0.2, 0.25) is 0 Å². The van der Waals surface area contributed by atoms with Crippen LogP contribution < -0.4 is 15.5 Å². The summed E-state index contributed by atoms with van der Waals surface area (Å²) in [6, 6.07) is 9.31. The predicted molar refractivity (Wildman–Crippen MR) is 233 cm³/mol. The van der Waals surface area contributed by atoms with E-state index >= 15 is 0 Å². The zero-order valence-electron chi connectivity index (χ0n) is 36.5. The van der Waals surface area contributed by atoms with Crippen LogP contribution >= 0.6 is 0 Å². The fraction of sp³-hybridized carbons (Fsp3) is 0.792. The van der Waals surface area contributed by atoms with Crippen LogP contribution in [0.4, 0.5) is 11.4 Å². The van der Waals surface area contributed by atoms with Crippen LogP contribution in [0.3, 0.4) is 0 Å². The molecule has 0 radical (unpaired) electrons. The van der Waals surface area contributed by atoms with Gasteiger partial charge in [0.2, 0.25) is 0 Å². The first-order valence-electron chi connectivity index (χ1n) is 22.9. The summed E-state index contributed by atoms with van der Waals surface area (Å²) in [5, 5.41) is 7.73. The third-order valence-corrected chi connectivity index (χ3v) is 15.4. The van der Waals surface area contributed by atoms with Crippen molar-refractivity contribution < 1.29 is 0 Å². The number of anilines is 2. The number of rotatable bonds is 20. The Morgan fingerprint density at radius 2 is 1.44 bits per heavy atom. The minimum atomic E-state index is 0.599. The average molecular weight is 756 g/mol. The molecule has 0 bridgehead atoms. The molecule has 2 heterocycles. The monoisotopic (exact) mass is 756 g/mol. The fourth-order valence-corrected chi connectivity index (χ4v) is 12.3. The second kappa shape index (κ2) is 20.0. The number of hydrogen-bond donors (Lipinski definition) is 2. The molecule has 9 atom stereocenters. The summed E-state index contributed by atoms with van der Waals surface area (Å²) in [6.07, 6.45) is 24.1. The Hall–Kier alpha value is -2.22. The lowest BCUT2D eigenvalue weighted by Gasteiger charge is -2.59. The van der Waals surface area contributed by atoms with Crippen molar-refractivity contribution in [1.82, 2.24) is 25.1 Å². The van der Waals surface area contributed by atoms with Crippen LogP contribution in [0.1, 0.15) is 129 Å². The lowest BCUT2D eigenvalue weighted by atomic mass is 9.46. The quantitative estimate of drug-likeness (QED) is 0.131. The van der Waals surface area contributed by atoms with Crippen molar-refractivity contribution in [1.29, 1.82) is 0 Å². The Balaban J connectivity index is 0.853. The number of fused-ring (bicyclic) bond motifs is 5. The van der Waals surface area contributed by atoms with E-state index in [4.69, 9.17) is 0 Å². The Bertz CT molecular complexity index is 1440. The second-order valence-corrected chi connectivity index (χ2v) is 20.0. The summed E-state index contributed by atoms with van der Waals surface area (Å²) in [5.74, 6) is 7.91. The molecule has 7 nitrogen and oxygen atoms in total. The van der Waals surface area contributed by atoms with Crippen molar-refractivity contribution >= 4 is 11.4 Å². The maximum Gasteiger partial charge on any atom is 0.0564 e. The zero-order chi connectivity index (χ0) is 39.0. The van der Waals surface area contributed by atoms with E-state index in [0.717, 1.165) is 104 Å². The van der Waals surface area contributed by atoms with Gasteiger partial charge >= 0.3 is 0 Å². The molecular formula is C48H81N7. The molecule has 2 unspecified atom stereocenters. The minimum Gasteiger partial charge on any atom is -0.385 e. The van der Waals surface area contributed by atoms with E-state index in [9.17, 15) is 0 Å². The highest BCUT2D eigenvalue weighted by atomic mass is 15.2. The largest absolute Gasteiger partial charge is 0.385 e. The molecule has 4 aliphatic carbocycles. The zero-order valence-corrected chi connectivity index (χ0v) is 36.5. The van der Waals surface area contributed by atoms with Gasteiger partial charge in [-0.05, 0) is 168 Å². The van der Waals surface area contributed by atoms with Crippen molar-refractivity contribution in [2.75, 3.05) is 64.6 Å². The second-order valence-electron chi connectivity index (χ2n) is 20.0. The topological polar surface area (TPSA) is 59.6 Å². The molecule has 0 spiro atoms. The number of pyridine rings is 2. The lowest BCUT2D eigenvalue weighted by Crippen LogP contribution is -2.53. The van der Waals surface area contributed by atoms with E-state index in [0.29, 0.717) is 5.41 Å². The molecule has 4 fully saturated rings. The Kier molecular flexibility index (Phi) is 15.4. The standard InChI is InChI=1S/C48H81N7/c1-35(2)12-11-13-36(3)43-16-17-45-44(43)18-19-47-46(45)15-14-37-30-38(20-23-48(37,47)4)49-24-9-10-25-50-39-21-26-51-40(31-39)33-54(7)28-29-55(8)34-41-32-42(53(5)6)22-27-52-41/h21-22,26-27,31-32,35-38,43-47,49H,9-20,23-25,28-30,33-34H2,1-8H3,(H,50,51)/t36-,37?,38-,43-,44?,45-,46+,47+,48+/m1/s1. The average Bonchev–Trinajstić information content (AvgIpc) is 3.60. The van der Waals surface area contributed by atoms with Crippen molar-refractivity contribution in [2.24, 2.45) is 52.8 Å². The van der Waals surface area contributed by atoms with E-state index in [1.54, 1.807) is 12.8 Å². The first kappa shape index (κ1) is 42.4. The molecule has 2 aromatic rings. The van der Waals surface area contributed by atoms with Gasteiger partial charge in [-0.1, -0.05) is 47.0 Å². The molecule has 2 N–H and O–H groups in total. The lowest BCUT2D eigenvalue weighted by molar-refractivity contribution is -0.0935. The number of nitrogens with one attached hydrogen (secondary N) is 2. The molecule has 4 aliphatic rings. The van der Waals surface area contributed by atoms with Gasteiger partial charge in [-0.3, -0.25) is 19.8 Å². The molecule has 308 valence electrons. The first-order chi connectivity index (χ1) is 26.5. The van der Waals surface area contributed by atoms with Crippen molar-refractivity contribution in [3.63, 3.8) is 0 Å². The van der Waals surface area contributed by atoms with Gasteiger partial charge in [-0.25, -0.2) is 0 Å². The highest BCUT2D eigenvalue weighted by Gasteiger charge is 2.56. The Morgan fingerprint density at radius 1 is 0.745 bits per heavy atom. The highest BCUT2D eigenvalue weighted by molar-refractivity contribution is 5.45. The van der Waals surface area contributed by atoms with Crippen LogP contribution in [-0.4, -0.2) is 80.2 Å². The molecular weight excluding hydrogens is 675 g/mol. The van der Waals surface area contributed by atoms with Crippen molar-refractivity contribution in [3.8, 4) is 0 Å². The van der Waals surface area contributed by atoms with Crippen LogP contribution in [0.15, 0.2) is 36.7 Å². The molecule has 0 amide bonds. The van der Waals surface area contributed by atoms with Crippen molar-refractivity contribution in [3.05, 3.63) is 48.0 Å². The van der Waals surface area contributed by atoms with Gasteiger partial charge in [-0.2, -0.15) is 0 Å². The first-order valence-corrected chi connectivity index (χ1v) is 22.9. The SMILES string of the molecule is CC(C)CCC[C@@H](C)[C@H]1CC[C@@H]2C1CC[C@H]1[C@H]2CCC2C[C@H](NCCCCNc3ccnc(CN(C)CCN(C)Cc4cc(N(C)C)ccn4)c3)CC[C@@]21C. The summed E-state index contributed by atoms with van der Waals surface area (Å²) in [6.45, 7) is 16.0. The summed E-state index contributed by atoms with van der Waals surface area (Å²) in [7, 11) is 8.52. The molecule has 4 saturated carbocycles. The number of aromatic nitrogens is 2. The van der Waals surface area contributed by atoms with Gasteiger partial charge in [0.1, 0.15) is 0 Å². The molecule has 55 heavy (non-hydrogen) atoms. The van der Waals surface area contributed by atoms with Gasteiger partial charge < -0.3 is 15.5 Å². The number of nitrogens with zero attached hydrogens (tertiary/aromatic N) is 5. The van der Waals surface area contributed by atoms with E-state index in [1.807, 2.05) is 12.4 Å². The summed E-state index contributed by atoms with van der Waals surface area (Å²) >= 11 is 0. The van der Waals surface area contributed by atoms with Gasteiger partial charge in [0.05, 0.1) is 11.4 Å². The molecule has 0 saturated heterocycles. The van der Waals surface area contributed by atoms with Crippen LogP contribution in [0.25, 0.3) is 0 Å². The van der Waals surface area contributed by atoms with E-state index in [1.165, 1.54) is 88.4 Å². The molecule has 7 heteroatoms. The maximum absolute atomic E-state index is 4.68.